The predicted octanol–water partition coefficient (Wildman–Crippen LogP) is 16.3. The van der Waals surface area contributed by atoms with E-state index in [2.05, 4.69) is 254 Å². The Labute approximate surface area is 346 Å². The van der Waals surface area contributed by atoms with Gasteiger partial charge in [0, 0.05) is 16.8 Å². The highest BCUT2D eigenvalue weighted by atomic mass is 15.1. The van der Waals surface area contributed by atoms with Crippen molar-refractivity contribution >= 4 is 27.8 Å². The molecule has 59 heavy (non-hydrogen) atoms. The van der Waals surface area contributed by atoms with Crippen molar-refractivity contribution < 1.29 is 0 Å². The first-order chi connectivity index (χ1) is 29.2. The second-order valence-electron chi connectivity index (χ2n) is 15.0. The molecule has 0 aliphatic heterocycles. The van der Waals surface area contributed by atoms with E-state index < -0.39 is 0 Å². The van der Waals surface area contributed by atoms with Crippen LogP contribution in [0, 0.1) is 0 Å². The molecule has 0 heterocycles. The summed E-state index contributed by atoms with van der Waals surface area (Å²) in [4.78, 5) is 2.45. The minimum absolute atomic E-state index is 1.08. The zero-order chi connectivity index (χ0) is 39.4. The van der Waals surface area contributed by atoms with Gasteiger partial charge >= 0.3 is 0 Å². The highest BCUT2D eigenvalue weighted by Gasteiger charge is 2.22. The van der Waals surface area contributed by atoms with Gasteiger partial charge in [0.25, 0.3) is 0 Å². The smallest absolute Gasteiger partial charge is 0.0546 e. The zero-order valence-electron chi connectivity index (χ0n) is 32.6. The van der Waals surface area contributed by atoms with Gasteiger partial charge in [-0.25, -0.2) is 0 Å². The minimum atomic E-state index is 1.08. The average Bonchev–Trinajstić information content (AvgIpc) is 3.33. The molecule has 0 spiro atoms. The third-order valence-electron chi connectivity index (χ3n) is 11.2. The molecule has 0 aromatic heterocycles. The maximum Gasteiger partial charge on any atom is 0.0546 e. The Kier molecular flexibility index (Phi) is 9.68. The normalized spacial score (nSPS) is 11.1. The van der Waals surface area contributed by atoms with Crippen LogP contribution in [0.15, 0.2) is 249 Å². The summed E-state index contributed by atoms with van der Waals surface area (Å²) < 4.78 is 0. The van der Waals surface area contributed by atoms with Gasteiger partial charge in [-0.3, -0.25) is 0 Å². The Morgan fingerprint density at radius 1 is 0.203 bits per heavy atom. The number of fused-ring (bicyclic) bond motifs is 1. The van der Waals surface area contributed by atoms with Gasteiger partial charge < -0.3 is 4.90 Å². The van der Waals surface area contributed by atoms with E-state index in [1.807, 2.05) is 0 Å². The molecule has 278 valence electrons. The molecular formula is C58H41N. The molecule has 0 unspecified atom stereocenters. The van der Waals surface area contributed by atoms with Crippen LogP contribution in [0.4, 0.5) is 17.1 Å². The van der Waals surface area contributed by atoms with Crippen molar-refractivity contribution in [1.29, 1.82) is 0 Å². The molecule has 0 fully saturated rings. The van der Waals surface area contributed by atoms with E-state index in [1.54, 1.807) is 0 Å². The average molecular weight is 752 g/mol. The van der Waals surface area contributed by atoms with Crippen LogP contribution in [-0.2, 0) is 0 Å². The SMILES string of the molecule is c1ccc(-c2cc(-c3ccccc3)cc(-c3ccc(N(c4ccccc4-c4ccccc4)c4cc(-c5ccc6ccccc6c5)ccc4-c4ccccc4)cc3)c2)cc1. The van der Waals surface area contributed by atoms with Crippen LogP contribution < -0.4 is 4.90 Å². The summed E-state index contributed by atoms with van der Waals surface area (Å²) in [5.74, 6) is 0. The largest absolute Gasteiger partial charge is 0.309 e. The fraction of sp³-hybridized carbons (Fsp3) is 0. The Morgan fingerprint density at radius 3 is 1.19 bits per heavy atom. The van der Waals surface area contributed by atoms with Crippen LogP contribution in [0.25, 0.3) is 77.5 Å². The molecule has 1 heteroatoms. The summed E-state index contributed by atoms with van der Waals surface area (Å²) in [6.07, 6.45) is 0. The van der Waals surface area contributed by atoms with Crippen molar-refractivity contribution in [3.63, 3.8) is 0 Å². The van der Waals surface area contributed by atoms with Crippen molar-refractivity contribution in [3.8, 4) is 66.8 Å². The molecule has 0 saturated heterocycles. The van der Waals surface area contributed by atoms with Gasteiger partial charge in [-0.15, -0.1) is 0 Å². The van der Waals surface area contributed by atoms with Crippen molar-refractivity contribution in [2.24, 2.45) is 0 Å². The third kappa shape index (κ3) is 7.34. The fourth-order valence-electron chi connectivity index (χ4n) is 8.26. The van der Waals surface area contributed by atoms with Gasteiger partial charge in [0.05, 0.1) is 11.4 Å². The number of para-hydroxylation sites is 1. The lowest BCUT2D eigenvalue weighted by atomic mass is 9.93. The van der Waals surface area contributed by atoms with E-state index in [4.69, 9.17) is 0 Å². The zero-order valence-corrected chi connectivity index (χ0v) is 32.6. The summed E-state index contributed by atoms with van der Waals surface area (Å²) in [6.45, 7) is 0. The van der Waals surface area contributed by atoms with Crippen LogP contribution >= 0.6 is 0 Å². The third-order valence-corrected chi connectivity index (χ3v) is 11.2. The molecule has 0 aliphatic rings. The van der Waals surface area contributed by atoms with E-state index in [9.17, 15) is 0 Å². The molecule has 0 saturated carbocycles. The number of benzene rings is 10. The number of anilines is 3. The van der Waals surface area contributed by atoms with Gasteiger partial charge in [0.2, 0.25) is 0 Å². The van der Waals surface area contributed by atoms with E-state index in [0.29, 0.717) is 0 Å². The minimum Gasteiger partial charge on any atom is -0.309 e. The Bertz CT molecular complexity index is 2950. The highest BCUT2D eigenvalue weighted by Crippen LogP contribution is 2.46. The molecule has 10 aromatic carbocycles. The van der Waals surface area contributed by atoms with E-state index in [-0.39, 0.29) is 0 Å². The Hall–Kier alpha value is -7.74. The number of hydrogen-bond acceptors (Lipinski definition) is 1. The molecule has 1 nitrogen and oxygen atoms in total. The van der Waals surface area contributed by atoms with E-state index in [0.717, 1.165) is 44.9 Å². The van der Waals surface area contributed by atoms with Gasteiger partial charge in [0.1, 0.15) is 0 Å². The van der Waals surface area contributed by atoms with Gasteiger partial charge in [-0.05, 0) is 115 Å². The van der Waals surface area contributed by atoms with E-state index in [1.165, 1.54) is 49.7 Å². The van der Waals surface area contributed by atoms with Crippen molar-refractivity contribution in [2.75, 3.05) is 4.90 Å². The van der Waals surface area contributed by atoms with Crippen molar-refractivity contribution in [3.05, 3.63) is 249 Å². The Balaban J connectivity index is 1.17. The van der Waals surface area contributed by atoms with Crippen LogP contribution in [-0.4, -0.2) is 0 Å². The number of rotatable bonds is 9. The van der Waals surface area contributed by atoms with Crippen LogP contribution in [0.3, 0.4) is 0 Å². The highest BCUT2D eigenvalue weighted by molar-refractivity contribution is 5.96. The van der Waals surface area contributed by atoms with Crippen molar-refractivity contribution in [1.82, 2.24) is 0 Å². The van der Waals surface area contributed by atoms with Crippen molar-refractivity contribution in [2.45, 2.75) is 0 Å². The van der Waals surface area contributed by atoms with Gasteiger partial charge in [0.15, 0.2) is 0 Å². The summed E-state index contributed by atoms with van der Waals surface area (Å²) in [7, 11) is 0. The first-order valence-corrected chi connectivity index (χ1v) is 20.2. The fourth-order valence-corrected chi connectivity index (χ4v) is 8.26. The first kappa shape index (κ1) is 35.7. The predicted molar refractivity (Wildman–Crippen MR) is 251 cm³/mol. The molecule has 0 aliphatic carbocycles. The quantitative estimate of drug-likeness (QED) is 0.142. The molecule has 0 N–H and O–H groups in total. The number of hydrogen-bond donors (Lipinski definition) is 0. The summed E-state index contributed by atoms with van der Waals surface area (Å²) in [6, 6.07) is 90.0. The second kappa shape index (κ2) is 16.0. The standard InChI is InChI=1S/C58H41N/c1-5-17-42(18-6-1)51-38-52(43-19-7-2-8-20-43)40-53(39-51)45-31-34-54(35-32-45)59(57-28-16-15-27-55(57)46-22-9-3-10-23-46)58-41-50(33-36-56(58)47-24-11-4-12-25-47)49-30-29-44-21-13-14-26-48(44)37-49/h1-41H. The van der Waals surface area contributed by atoms with Crippen LogP contribution in [0.2, 0.25) is 0 Å². The lowest BCUT2D eigenvalue weighted by Gasteiger charge is -2.30. The summed E-state index contributed by atoms with van der Waals surface area (Å²) in [5.41, 5.74) is 17.4. The maximum atomic E-state index is 2.45. The molecule has 10 rings (SSSR count). The molecule has 0 atom stereocenters. The van der Waals surface area contributed by atoms with Crippen LogP contribution in [0.5, 0.6) is 0 Å². The lowest BCUT2D eigenvalue weighted by molar-refractivity contribution is 1.28. The molecule has 0 bridgehead atoms. The molecular weight excluding hydrogens is 711 g/mol. The monoisotopic (exact) mass is 751 g/mol. The lowest BCUT2D eigenvalue weighted by Crippen LogP contribution is -2.12. The van der Waals surface area contributed by atoms with Gasteiger partial charge in [-0.1, -0.05) is 200 Å². The summed E-state index contributed by atoms with van der Waals surface area (Å²) >= 11 is 0. The Morgan fingerprint density at radius 2 is 0.610 bits per heavy atom. The maximum absolute atomic E-state index is 2.45. The van der Waals surface area contributed by atoms with Crippen LogP contribution in [0.1, 0.15) is 0 Å². The molecule has 0 amide bonds. The summed E-state index contributed by atoms with van der Waals surface area (Å²) in [5, 5.41) is 2.47. The molecule has 0 radical (unpaired) electrons. The number of nitrogens with zero attached hydrogens (tertiary/aromatic N) is 1. The first-order valence-electron chi connectivity index (χ1n) is 20.2. The second-order valence-corrected chi connectivity index (χ2v) is 15.0. The molecule has 10 aromatic rings. The van der Waals surface area contributed by atoms with E-state index >= 15 is 0 Å². The van der Waals surface area contributed by atoms with Gasteiger partial charge in [-0.2, -0.15) is 0 Å². The topological polar surface area (TPSA) is 3.24 Å².